The maximum absolute atomic E-state index is 12.4. The van der Waals surface area contributed by atoms with Crippen LogP contribution in [0.25, 0.3) is 0 Å². The van der Waals surface area contributed by atoms with Gasteiger partial charge >= 0.3 is 0 Å². The first kappa shape index (κ1) is 18.6. The van der Waals surface area contributed by atoms with Gasteiger partial charge in [0.1, 0.15) is 0 Å². The summed E-state index contributed by atoms with van der Waals surface area (Å²) < 4.78 is 27.2. The van der Waals surface area contributed by atoms with E-state index in [2.05, 4.69) is 10.0 Å². The molecule has 24 heavy (non-hydrogen) atoms. The molecule has 0 spiro atoms. The highest BCUT2D eigenvalue weighted by atomic mass is 35.5. The Hall–Kier alpha value is -1.76. The van der Waals surface area contributed by atoms with Crippen LogP contribution in [0.4, 0.5) is 5.69 Å². The fourth-order valence-corrected chi connectivity index (χ4v) is 3.48. The number of sulfonamides is 1. The number of carbonyl (C=O) groups excluding carboxylic acids is 1. The number of nitrogens with one attached hydrogen (secondary N) is 2. The summed E-state index contributed by atoms with van der Waals surface area (Å²) in [6.07, 6.45) is 0.619. The number of hydrogen-bond donors (Lipinski definition) is 2. The Balaban J connectivity index is 2.12. The Kier molecular flexibility index (Phi) is 6.10. The van der Waals surface area contributed by atoms with Crippen molar-refractivity contribution in [2.45, 2.75) is 18.2 Å². The lowest BCUT2D eigenvalue weighted by atomic mass is 10.1. The van der Waals surface area contributed by atoms with Gasteiger partial charge < -0.3 is 5.32 Å². The van der Waals surface area contributed by atoms with Crippen molar-refractivity contribution in [1.29, 1.82) is 0 Å². The molecule has 0 aromatic heterocycles. The van der Waals surface area contributed by atoms with Crippen molar-refractivity contribution in [2.24, 2.45) is 0 Å². The molecule has 0 aliphatic heterocycles. The molecule has 0 aliphatic rings. The van der Waals surface area contributed by atoms with Gasteiger partial charge in [-0.1, -0.05) is 41.4 Å². The molecule has 128 valence electrons. The van der Waals surface area contributed by atoms with Crippen LogP contribution in [-0.4, -0.2) is 20.9 Å². The van der Waals surface area contributed by atoms with E-state index in [1.165, 1.54) is 25.1 Å². The summed E-state index contributed by atoms with van der Waals surface area (Å²) in [6, 6.07) is 11.1. The first-order valence-corrected chi connectivity index (χ1v) is 9.34. The molecule has 0 atom stereocenters. The van der Waals surface area contributed by atoms with E-state index in [0.717, 1.165) is 5.56 Å². The molecule has 0 aliphatic carbocycles. The number of anilines is 1. The summed E-state index contributed by atoms with van der Waals surface area (Å²) in [7, 11) is -3.77. The van der Waals surface area contributed by atoms with Crippen molar-refractivity contribution in [3.05, 3.63) is 58.1 Å². The number of halogens is 2. The summed E-state index contributed by atoms with van der Waals surface area (Å²) in [5.41, 5.74) is 1.14. The average Bonchev–Trinajstić information content (AvgIpc) is 2.52. The van der Waals surface area contributed by atoms with E-state index >= 15 is 0 Å². The van der Waals surface area contributed by atoms with Gasteiger partial charge in [0.25, 0.3) is 10.0 Å². The molecule has 2 rings (SSSR count). The molecule has 0 fully saturated rings. The highest BCUT2D eigenvalue weighted by molar-refractivity contribution is 7.92. The minimum Gasteiger partial charge on any atom is -0.356 e. The first-order valence-electron chi connectivity index (χ1n) is 7.10. The lowest BCUT2D eigenvalue weighted by Gasteiger charge is -2.11. The van der Waals surface area contributed by atoms with Crippen molar-refractivity contribution in [3.63, 3.8) is 0 Å². The molecule has 0 saturated heterocycles. The number of benzene rings is 2. The van der Waals surface area contributed by atoms with Gasteiger partial charge in [0, 0.05) is 13.5 Å². The smallest absolute Gasteiger partial charge is 0.261 e. The van der Waals surface area contributed by atoms with Crippen LogP contribution in [0, 0.1) is 0 Å². The van der Waals surface area contributed by atoms with Crippen molar-refractivity contribution >= 4 is 44.8 Å². The van der Waals surface area contributed by atoms with E-state index in [4.69, 9.17) is 23.2 Å². The Morgan fingerprint density at radius 2 is 1.75 bits per heavy atom. The SMILES string of the molecule is CC(=O)NCCc1ccc(S(=O)(=O)Nc2cccc(Cl)c2Cl)cc1. The van der Waals surface area contributed by atoms with Crippen molar-refractivity contribution < 1.29 is 13.2 Å². The number of rotatable bonds is 6. The normalized spacial score (nSPS) is 11.1. The van der Waals surface area contributed by atoms with Gasteiger partial charge in [-0.25, -0.2) is 8.42 Å². The summed E-state index contributed by atoms with van der Waals surface area (Å²) in [5.74, 6) is -0.100. The molecular formula is C16H16Cl2N2O3S. The van der Waals surface area contributed by atoms with Gasteiger partial charge in [-0.2, -0.15) is 0 Å². The zero-order valence-corrected chi connectivity index (χ0v) is 15.2. The fraction of sp³-hybridized carbons (Fsp3) is 0.188. The summed E-state index contributed by atoms with van der Waals surface area (Å²) in [5, 5.41) is 3.10. The first-order chi connectivity index (χ1) is 11.3. The predicted octanol–water partition coefficient (Wildman–Crippen LogP) is 3.47. The Morgan fingerprint density at radius 3 is 2.38 bits per heavy atom. The third-order valence-corrected chi connectivity index (χ3v) is 5.42. The van der Waals surface area contributed by atoms with Crippen LogP contribution >= 0.6 is 23.2 Å². The molecule has 0 radical (unpaired) electrons. The minimum absolute atomic E-state index is 0.100. The second-order valence-corrected chi connectivity index (χ2v) is 7.55. The number of hydrogen-bond acceptors (Lipinski definition) is 3. The van der Waals surface area contributed by atoms with Crippen molar-refractivity contribution in [3.8, 4) is 0 Å². The van der Waals surface area contributed by atoms with Gasteiger partial charge in [0.05, 0.1) is 20.6 Å². The van der Waals surface area contributed by atoms with Gasteiger partial charge in [0.15, 0.2) is 0 Å². The molecule has 0 bridgehead atoms. The molecule has 8 heteroatoms. The molecule has 0 heterocycles. The van der Waals surface area contributed by atoms with E-state index in [9.17, 15) is 13.2 Å². The third-order valence-electron chi connectivity index (χ3n) is 3.22. The van der Waals surface area contributed by atoms with Crippen LogP contribution < -0.4 is 10.0 Å². The second kappa shape index (κ2) is 7.88. The Morgan fingerprint density at radius 1 is 1.08 bits per heavy atom. The van der Waals surface area contributed by atoms with Crippen LogP contribution in [0.15, 0.2) is 47.4 Å². The van der Waals surface area contributed by atoms with E-state index < -0.39 is 10.0 Å². The zero-order chi connectivity index (χ0) is 17.7. The fourth-order valence-electron chi connectivity index (χ4n) is 2.00. The van der Waals surface area contributed by atoms with Crippen molar-refractivity contribution in [1.82, 2.24) is 5.32 Å². The lowest BCUT2D eigenvalue weighted by molar-refractivity contribution is -0.118. The average molecular weight is 387 g/mol. The maximum atomic E-state index is 12.4. The molecule has 2 N–H and O–H groups in total. The predicted molar refractivity (Wildman–Crippen MR) is 96.1 cm³/mol. The largest absolute Gasteiger partial charge is 0.356 e. The van der Waals surface area contributed by atoms with Crippen LogP contribution in [0.2, 0.25) is 10.0 Å². The van der Waals surface area contributed by atoms with Crippen LogP contribution in [0.1, 0.15) is 12.5 Å². The van der Waals surface area contributed by atoms with Crippen molar-refractivity contribution in [2.75, 3.05) is 11.3 Å². The van der Waals surface area contributed by atoms with E-state index in [-0.39, 0.29) is 26.5 Å². The number of carbonyl (C=O) groups is 1. The topological polar surface area (TPSA) is 75.3 Å². The zero-order valence-electron chi connectivity index (χ0n) is 12.8. The summed E-state index contributed by atoms with van der Waals surface area (Å²) >= 11 is 11.9. The van der Waals surface area contributed by atoms with E-state index in [0.29, 0.717) is 13.0 Å². The molecule has 2 aromatic carbocycles. The standard InChI is InChI=1S/C16H16Cl2N2O3S/c1-11(21)19-10-9-12-5-7-13(8-6-12)24(22,23)20-15-4-2-3-14(17)16(15)18/h2-8,20H,9-10H2,1H3,(H,19,21). The van der Waals surface area contributed by atoms with Crippen LogP contribution in [0.3, 0.4) is 0 Å². The van der Waals surface area contributed by atoms with Gasteiger partial charge in [-0.3, -0.25) is 9.52 Å². The van der Waals surface area contributed by atoms with E-state index in [1.54, 1.807) is 24.3 Å². The second-order valence-electron chi connectivity index (χ2n) is 5.08. The monoisotopic (exact) mass is 386 g/mol. The Labute approximate surface area is 151 Å². The summed E-state index contributed by atoms with van der Waals surface area (Å²) in [4.78, 5) is 10.9. The lowest BCUT2D eigenvalue weighted by Crippen LogP contribution is -2.22. The van der Waals surface area contributed by atoms with Gasteiger partial charge in [-0.15, -0.1) is 0 Å². The molecule has 0 unspecified atom stereocenters. The third kappa shape index (κ3) is 4.87. The quantitative estimate of drug-likeness (QED) is 0.797. The Bertz CT molecular complexity index is 837. The highest BCUT2D eigenvalue weighted by Gasteiger charge is 2.16. The minimum atomic E-state index is -3.77. The van der Waals surface area contributed by atoms with Crippen LogP contribution in [0.5, 0.6) is 0 Å². The van der Waals surface area contributed by atoms with Gasteiger partial charge in [0.2, 0.25) is 5.91 Å². The van der Waals surface area contributed by atoms with Crippen LogP contribution in [-0.2, 0) is 21.2 Å². The molecule has 0 saturated carbocycles. The maximum Gasteiger partial charge on any atom is 0.261 e. The highest BCUT2D eigenvalue weighted by Crippen LogP contribution is 2.31. The molecule has 5 nitrogen and oxygen atoms in total. The molecule has 1 amide bonds. The molecule has 2 aromatic rings. The number of amides is 1. The van der Waals surface area contributed by atoms with E-state index in [1.807, 2.05) is 0 Å². The molecular weight excluding hydrogens is 371 g/mol. The summed E-state index contributed by atoms with van der Waals surface area (Å²) in [6.45, 7) is 1.94. The van der Waals surface area contributed by atoms with Gasteiger partial charge in [-0.05, 0) is 36.2 Å².